The van der Waals surface area contributed by atoms with Crippen LogP contribution in [0.1, 0.15) is 25.5 Å². The average Bonchev–Trinajstić information content (AvgIpc) is 2.70. The van der Waals surface area contributed by atoms with Crippen LogP contribution in [0.15, 0.2) is 30.3 Å². The first-order valence-corrected chi connectivity index (χ1v) is 5.97. The number of carbonyl (C=O) groups is 2. The van der Waals surface area contributed by atoms with Crippen molar-refractivity contribution in [3.8, 4) is 0 Å². The highest BCUT2D eigenvalue weighted by molar-refractivity contribution is 5.80. The Morgan fingerprint density at radius 2 is 1.84 bits per heavy atom. The number of para-hydroxylation sites is 1. The van der Waals surface area contributed by atoms with Gasteiger partial charge >= 0.3 is 5.97 Å². The molecule has 0 atom stereocenters. The fourth-order valence-electron chi connectivity index (χ4n) is 1.70. The van der Waals surface area contributed by atoms with Crippen LogP contribution in [0, 0.1) is 0 Å². The lowest BCUT2D eigenvalue weighted by molar-refractivity contribution is -0.137. The Hall–Kier alpha value is -2.30. The molecule has 0 aliphatic rings. The third kappa shape index (κ3) is 5.72. The number of rotatable bonds is 4. The molecule has 3 N–H and O–H groups in total. The van der Waals surface area contributed by atoms with E-state index in [2.05, 4.69) is 11.1 Å². The molecule has 0 saturated carbocycles. The maximum Gasteiger partial charge on any atom is 0.303 e. The molecule has 0 saturated heterocycles. The van der Waals surface area contributed by atoms with Gasteiger partial charge in [0.25, 0.3) is 5.97 Å². The number of aliphatic carboxylic acids is 2. The molecule has 1 aromatic heterocycles. The van der Waals surface area contributed by atoms with Crippen LogP contribution < -0.4 is 0 Å². The second kappa shape index (κ2) is 7.20. The number of fused-ring (bicyclic) bond motifs is 1. The summed E-state index contributed by atoms with van der Waals surface area (Å²) in [6.45, 7) is 1.08. The van der Waals surface area contributed by atoms with Crippen LogP contribution in [0.2, 0.25) is 0 Å². The zero-order valence-electron chi connectivity index (χ0n) is 10.7. The second-order valence-corrected chi connectivity index (χ2v) is 4.15. The molecule has 0 radical (unpaired) electrons. The van der Waals surface area contributed by atoms with Crippen LogP contribution in [0.25, 0.3) is 10.9 Å². The van der Waals surface area contributed by atoms with Gasteiger partial charge < -0.3 is 15.2 Å². The van der Waals surface area contributed by atoms with E-state index in [-0.39, 0.29) is 6.42 Å². The Labute approximate surface area is 110 Å². The van der Waals surface area contributed by atoms with E-state index in [1.165, 1.54) is 5.39 Å². The summed E-state index contributed by atoms with van der Waals surface area (Å²) in [4.78, 5) is 22.6. The molecule has 0 bridgehead atoms. The average molecular weight is 263 g/mol. The van der Waals surface area contributed by atoms with Gasteiger partial charge in [-0.3, -0.25) is 9.59 Å². The fourth-order valence-corrected chi connectivity index (χ4v) is 1.70. The first-order chi connectivity index (χ1) is 8.99. The quantitative estimate of drug-likeness (QED) is 0.791. The van der Waals surface area contributed by atoms with Gasteiger partial charge in [0.1, 0.15) is 0 Å². The van der Waals surface area contributed by atoms with E-state index in [0.29, 0.717) is 6.42 Å². The lowest BCUT2D eigenvalue weighted by Crippen LogP contribution is -1.95. The highest BCUT2D eigenvalue weighted by Crippen LogP contribution is 2.15. The van der Waals surface area contributed by atoms with Crippen LogP contribution >= 0.6 is 0 Å². The minimum absolute atomic E-state index is 0.232. The zero-order valence-corrected chi connectivity index (χ0v) is 10.7. The minimum Gasteiger partial charge on any atom is -0.481 e. The Balaban J connectivity index is 0.000000399. The van der Waals surface area contributed by atoms with Crippen molar-refractivity contribution in [2.45, 2.75) is 26.2 Å². The lowest BCUT2D eigenvalue weighted by atomic mass is 10.2. The van der Waals surface area contributed by atoms with Crippen molar-refractivity contribution in [1.82, 2.24) is 4.98 Å². The standard InChI is InChI=1S/C12H13NO2.C2H4O2/c14-12(15)7-3-5-10-8-9-4-1-2-6-11(9)13-10;1-2(3)4/h1-2,4,6,8,13H,3,5,7H2,(H,14,15);1H3,(H,3,4). The summed E-state index contributed by atoms with van der Waals surface area (Å²) in [5.74, 6) is -1.56. The maximum atomic E-state index is 10.4. The van der Waals surface area contributed by atoms with Crippen molar-refractivity contribution in [2.24, 2.45) is 0 Å². The Kier molecular flexibility index (Phi) is 5.60. The zero-order chi connectivity index (χ0) is 14.3. The van der Waals surface area contributed by atoms with Crippen molar-refractivity contribution in [3.63, 3.8) is 0 Å². The van der Waals surface area contributed by atoms with Gasteiger partial charge in [0, 0.05) is 24.6 Å². The number of aromatic nitrogens is 1. The third-order valence-corrected chi connectivity index (χ3v) is 2.42. The summed E-state index contributed by atoms with van der Waals surface area (Å²) in [6, 6.07) is 10.1. The Morgan fingerprint density at radius 3 is 2.42 bits per heavy atom. The van der Waals surface area contributed by atoms with E-state index in [1.807, 2.05) is 24.3 Å². The van der Waals surface area contributed by atoms with E-state index in [4.69, 9.17) is 15.0 Å². The third-order valence-electron chi connectivity index (χ3n) is 2.42. The minimum atomic E-state index is -0.833. The van der Waals surface area contributed by atoms with Crippen LogP contribution in [-0.4, -0.2) is 27.1 Å². The van der Waals surface area contributed by atoms with Crippen molar-refractivity contribution in [1.29, 1.82) is 0 Å². The van der Waals surface area contributed by atoms with Crippen molar-refractivity contribution < 1.29 is 19.8 Å². The predicted molar refractivity (Wildman–Crippen MR) is 72.2 cm³/mol. The number of aryl methyl sites for hydroxylation is 1. The van der Waals surface area contributed by atoms with E-state index in [9.17, 15) is 4.79 Å². The molecule has 19 heavy (non-hydrogen) atoms. The fraction of sp³-hybridized carbons (Fsp3) is 0.286. The summed E-state index contributed by atoms with van der Waals surface area (Å²) in [5.41, 5.74) is 2.22. The van der Waals surface area contributed by atoms with Gasteiger partial charge in [0.15, 0.2) is 0 Å². The number of aromatic amines is 1. The molecule has 0 unspecified atom stereocenters. The molecular weight excluding hydrogens is 246 g/mol. The first-order valence-electron chi connectivity index (χ1n) is 5.97. The Bertz CT molecular complexity index is 522. The number of H-pyrrole nitrogens is 1. The van der Waals surface area contributed by atoms with E-state index >= 15 is 0 Å². The molecule has 0 aliphatic heterocycles. The first kappa shape index (κ1) is 14.8. The van der Waals surface area contributed by atoms with Crippen LogP contribution in [0.3, 0.4) is 0 Å². The van der Waals surface area contributed by atoms with Gasteiger partial charge in [-0.1, -0.05) is 18.2 Å². The molecule has 5 nitrogen and oxygen atoms in total. The van der Waals surface area contributed by atoms with Gasteiger partial charge in [-0.2, -0.15) is 0 Å². The molecule has 2 aromatic rings. The summed E-state index contributed by atoms with van der Waals surface area (Å²) in [5, 5.41) is 17.1. The normalized spacial score (nSPS) is 9.74. The van der Waals surface area contributed by atoms with Crippen LogP contribution in [-0.2, 0) is 16.0 Å². The van der Waals surface area contributed by atoms with E-state index in [0.717, 1.165) is 24.6 Å². The monoisotopic (exact) mass is 263 g/mol. The Morgan fingerprint density at radius 1 is 1.21 bits per heavy atom. The molecule has 2 rings (SSSR count). The van der Waals surface area contributed by atoms with Gasteiger partial charge in [0.05, 0.1) is 0 Å². The molecule has 102 valence electrons. The largest absolute Gasteiger partial charge is 0.481 e. The molecular formula is C14H17NO4. The molecule has 0 spiro atoms. The number of hydrogen-bond donors (Lipinski definition) is 3. The van der Waals surface area contributed by atoms with Gasteiger partial charge in [-0.15, -0.1) is 0 Å². The summed E-state index contributed by atoms with van der Waals surface area (Å²) in [7, 11) is 0. The van der Waals surface area contributed by atoms with Crippen LogP contribution in [0.4, 0.5) is 0 Å². The van der Waals surface area contributed by atoms with Gasteiger partial charge in [-0.25, -0.2) is 0 Å². The number of carboxylic acids is 2. The number of hydrogen-bond acceptors (Lipinski definition) is 2. The topological polar surface area (TPSA) is 90.4 Å². The maximum absolute atomic E-state index is 10.4. The number of nitrogens with one attached hydrogen (secondary N) is 1. The number of benzene rings is 1. The highest BCUT2D eigenvalue weighted by Gasteiger charge is 2.01. The van der Waals surface area contributed by atoms with Gasteiger partial charge in [-0.05, 0) is 30.4 Å². The van der Waals surface area contributed by atoms with E-state index in [1.54, 1.807) is 0 Å². The molecule has 1 heterocycles. The molecule has 0 aliphatic carbocycles. The van der Waals surface area contributed by atoms with Gasteiger partial charge in [0.2, 0.25) is 0 Å². The summed E-state index contributed by atoms with van der Waals surface area (Å²) >= 11 is 0. The summed E-state index contributed by atoms with van der Waals surface area (Å²) in [6.07, 6.45) is 1.71. The molecule has 1 aromatic carbocycles. The van der Waals surface area contributed by atoms with E-state index < -0.39 is 11.9 Å². The number of carboxylic acid groups (broad SMARTS) is 2. The predicted octanol–water partition coefficient (Wildman–Crippen LogP) is 2.67. The summed E-state index contributed by atoms with van der Waals surface area (Å²) < 4.78 is 0. The molecule has 0 amide bonds. The van der Waals surface area contributed by atoms with Crippen molar-refractivity contribution in [2.75, 3.05) is 0 Å². The van der Waals surface area contributed by atoms with Crippen molar-refractivity contribution in [3.05, 3.63) is 36.0 Å². The molecule has 0 fully saturated rings. The highest BCUT2D eigenvalue weighted by atomic mass is 16.4. The van der Waals surface area contributed by atoms with Crippen molar-refractivity contribution >= 4 is 22.8 Å². The smallest absolute Gasteiger partial charge is 0.303 e. The lowest BCUT2D eigenvalue weighted by Gasteiger charge is -1.94. The second-order valence-electron chi connectivity index (χ2n) is 4.15. The molecule has 5 heteroatoms. The SMILES string of the molecule is CC(=O)O.O=C(O)CCCc1cc2ccccc2[nH]1. The van der Waals surface area contributed by atoms with Crippen LogP contribution in [0.5, 0.6) is 0 Å².